The minimum atomic E-state index is -4.29. The zero-order chi connectivity index (χ0) is 8.48. The first-order valence-corrected chi connectivity index (χ1v) is 5.21. The van der Waals surface area contributed by atoms with Crippen molar-refractivity contribution in [2.75, 3.05) is 0 Å². The Morgan fingerprint density at radius 2 is 1.75 bits per heavy atom. The number of benzene rings is 1. The fraction of sp³-hybridized carbons (Fsp3) is 0. The van der Waals surface area contributed by atoms with Gasteiger partial charge < -0.3 is 4.55 Å². The van der Waals surface area contributed by atoms with E-state index in [0.29, 0.717) is 3.57 Å². The first kappa shape index (κ1) is 13.9. The first-order chi connectivity index (χ1) is 5.02. The fourth-order valence-electron chi connectivity index (χ4n) is 0.647. The SMILES string of the molecule is O=S(=O)([O-])c1ccccc1I.[Cs+]. The van der Waals surface area contributed by atoms with Crippen molar-refractivity contribution < 1.29 is 81.9 Å². The monoisotopic (exact) mass is 416 g/mol. The van der Waals surface area contributed by atoms with Gasteiger partial charge in [-0.15, -0.1) is 0 Å². The second-order valence-electron chi connectivity index (χ2n) is 1.88. The number of hydrogen-bond acceptors (Lipinski definition) is 3. The molecule has 0 aliphatic carbocycles. The Bertz CT molecular complexity index is 363. The summed E-state index contributed by atoms with van der Waals surface area (Å²) in [6.07, 6.45) is 0. The molecule has 0 radical (unpaired) electrons. The van der Waals surface area contributed by atoms with Gasteiger partial charge in [-0.25, -0.2) is 8.42 Å². The minimum Gasteiger partial charge on any atom is -0.744 e. The van der Waals surface area contributed by atoms with E-state index in [4.69, 9.17) is 0 Å². The zero-order valence-corrected chi connectivity index (χ0v) is 15.6. The van der Waals surface area contributed by atoms with Crippen LogP contribution in [0.3, 0.4) is 0 Å². The molecule has 1 rings (SSSR count). The third kappa shape index (κ3) is 3.97. The summed E-state index contributed by atoms with van der Waals surface area (Å²) in [4.78, 5) is -0.152. The van der Waals surface area contributed by atoms with Gasteiger partial charge in [0.25, 0.3) is 0 Å². The topological polar surface area (TPSA) is 57.2 Å². The van der Waals surface area contributed by atoms with Gasteiger partial charge in [-0.2, -0.15) is 0 Å². The second-order valence-corrected chi connectivity index (χ2v) is 4.39. The van der Waals surface area contributed by atoms with Crippen LogP contribution in [-0.4, -0.2) is 13.0 Å². The Morgan fingerprint density at radius 1 is 1.25 bits per heavy atom. The van der Waals surface area contributed by atoms with Gasteiger partial charge in [0.2, 0.25) is 0 Å². The summed E-state index contributed by atoms with van der Waals surface area (Å²) >= 11 is 1.81. The molecule has 0 aromatic heterocycles. The number of halogens is 1. The summed E-state index contributed by atoms with van der Waals surface area (Å²) in [5, 5.41) is 0. The molecule has 0 spiro atoms. The Labute approximate surface area is 144 Å². The molecule has 0 N–H and O–H groups in total. The third-order valence-electron chi connectivity index (χ3n) is 1.11. The molecular weight excluding hydrogens is 412 g/mol. The van der Waals surface area contributed by atoms with Crippen LogP contribution >= 0.6 is 22.6 Å². The van der Waals surface area contributed by atoms with Crippen LogP contribution in [-0.2, 0) is 10.1 Å². The molecule has 0 aliphatic heterocycles. The van der Waals surface area contributed by atoms with E-state index in [-0.39, 0.29) is 73.8 Å². The van der Waals surface area contributed by atoms with Crippen molar-refractivity contribution in [3.05, 3.63) is 27.8 Å². The van der Waals surface area contributed by atoms with E-state index in [2.05, 4.69) is 0 Å². The number of rotatable bonds is 1. The molecule has 0 aliphatic rings. The Kier molecular flexibility index (Phi) is 6.62. The van der Waals surface area contributed by atoms with E-state index >= 15 is 0 Å². The third-order valence-corrected chi connectivity index (χ3v) is 3.31. The Hall–Kier alpha value is 1.91. The molecule has 0 amide bonds. The molecule has 12 heavy (non-hydrogen) atoms. The van der Waals surface area contributed by atoms with E-state index in [1.54, 1.807) is 34.7 Å². The van der Waals surface area contributed by atoms with Crippen molar-refractivity contribution in [2.24, 2.45) is 0 Å². The van der Waals surface area contributed by atoms with Crippen molar-refractivity contribution in [1.29, 1.82) is 0 Å². The minimum absolute atomic E-state index is 0. The average Bonchev–Trinajstić information content (AvgIpc) is 1.86. The standard InChI is InChI=1S/C6H5IO3S.Cs/c7-5-3-1-2-4-6(5)11(8,9)10;/h1-4H,(H,8,9,10);/q;+1/p-1. The van der Waals surface area contributed by atoms with Crippen molar-refractivity contribution >= 4 is 32.7 Å². The summed E-state index contributed by atoms with van der Waals surface area (Å²) in [6, 6.07) is 6.07. The largest absolute Gasteiger partial charge is 1.00 e. The van der Waals surface area contributed by atoms with Crippen LogP contribution in [0, 0.1) is 3.57 Å². The molecule has 1 aromatic rings. The van der Waals surface area contributed by atoms with Gasteiger partial charge in [-0.1, -0.05) is 12.1 Å². The van der Waals surface area contributed by atoms with Crippen molar-refractivity contribution in [2.45, 2.75) is 4.90 Å². The van der Waals surface area contributed by atoms with Crippen molar-refractivity contribution in [3.8, 4) is 0 Å². The van der Waals surface area contributed by atoms with Gasteiger partial charge in [-0.05, 0) is 34.7 Å². The maximum atomic E-state index is 10.5. The van der Waals surface area contributed by atoms with Gasteiger partial charge in [0.05, 0.1) is 4.90 Å². The molecule has 0 saturated heterocycles. The summed E-state index contributed by atoms with van der Waals surface area (Å²) in [6.45, 7) is 0. The van der Waals surface area contributed by atoms with Crippen LogP contribution in [0.1, 0.15) is 0 Å². The average molecular weight is 416 g/mol. The molecule has 60 valence electrons. The smallest absolute Gasteiger partial charge is 0.744 e. The molecule has 0 unspecified atom stereocenters. The van der Waals surface area contributed by atoms with Crippen LogP contribution in [0.15, 0.2) is 29.2 Å². The van der Waals surface area contributed by atoms with Gasteiger partial charge in [0, 0.05) is 3.57 Å². The summed E-state index contributed by atoms with van der Waals surface area (Å²) < 4.78 is 31.9. The van der Waals surface area contributed by atoms with Crippen molar-refractivity contribution in [3.63, 3.8) is 0 Å². The summed E-state index contributed by atoms with van der Waals surface area (Å²) in [7, 11) is -4.29. The van der Waals surface area contributed by atoms with Gasteiger partial charge in [-0.3, -0.25) is 0 Å². The van der Waals surface area contributed by atoms with Crippen LogP contribution in [0.2, 0.25) is 0 Å². The second kappa shape index (κ2) is 5.71. The molecule has 0 bridgehead atoms. The van der Waals surface area contributed by atoms with E-state index in [0.717, 1.165) is 0 Å². The van der Waals surface area contributed by atoms with E-state index in [1.807, 2.05) is 0 Å². The molecule has 1 aromatic carbocycles. The fourth-order valence-corrected chi connectivity index (χ4v) is 2.40. The first-order valence-electron chi connectivity index (χ1n) is 2.72. The van der Waals surface area contributed by atoms with Gasteiger partial charge in [0.1, 0.15) is 10.1 Å². The molecule has 3 nitrogen and oxygen atoms in total. The van der Waals surface area contributed by atoms with Gasteiger partial charge in [0.15, 0.2) is 0 Å². The summed E-state index contributed by atoms with van der Waals surface area (Å²) in [5.74, 6) is 0. The summed E-state index contributed by atoms with van der Waals surface area (Å²) in [5.41, 5.74) is 0. The quantitative estimate of drug-likeness (QED) is 0.402. The van der Waals surface area contributed by atoms with Crippen LogP contribution in [0.5, 0.6) is 0 Å². The van der Waals surface area contributed by atoms with Crippen LogP contribution < -0.4 is 68.9 Å². The van der Waals surface area contributed by atoms with E-state index in [9.17, 15) is 13.0 Å². The molecule has 0 fully saturated rings. The van der Waals surface area contributed by atoms with Gasteiger partial charge >= 0.3 is 68.9 Å². The van der Waals surface area contributed by atoms with Crippen molar-refractivity contribution in [1.82, 2.24) is 0 Å². The molecule has 0 saturated carbocycles. The maximum Gasteiger partial charge on any atom is 1.00 e. The molecular formula is C6H4CsIO3S. The molecule has 6 heteroatoms. The number of hydrogen-bond donors (Lipinski definition) is 0. The zero-order valence-electron chi connectivity index (χ0n) is 6.32. The van der Waals surface area contributed by atoms with E-state index in [1.165, 1.54) is 12.1 Å². The van der Waals surface area contributed by atoms with Crippen LogP contribution in [0.25, 0.3) is 0 Å². The maximum absolute atomic E-state index is 10.5. The predicted octanol–water partition coefficient (Wildman–Crippen LogP) is -1.80. The Balaban J connectivity index is 0.00000121. The predicted molar refractivity (Wildman–Crippen MR) is 47.1 cm³/mol. The Morgan fingerprint density at radius 3 is 2.08 bits per heavy atom. The van der Waals surface area contributed by atoms with E-state index < -0.39 is 10.1 Å². The molecule has 0 atom stereocenters. The van der Waals surface area contributed by atoms with Crippen LogP contribution in [0.4, 0.5) is 0 Å². The normalized spacial score (nSPS) is 10.5. The molecule has 0 heterocycles.